The minimum atomic E-state index is 0.399. The van der Waals surface area contributed by atoms with E-state index >= 15 is 0 Å². The van der Waals surface area contributed by atoms with Gasteiger partial charge in [-0.1, -0.05) is 13.8 Å². The second-order valence-electron chi connectivity index (χ2n) is 3.46. The van der Waals surface area contributed by atoms with Crippen LogP contribution in [0, 0.1) is 5.41 Å². The SMILES string of the molecule is CCC(C)(CN)CCCSC. The Bertz CT molecular complexity index is 89.6. The standard InChI is InChI=1S/C9H21NS/c1-4-9(2,8-10)6-5-7-11-3/h4-8,10H2,1-3H3. The van der Waals surface area contributed by atoms with Crippen LogP contribution in [0.1, 0.15) is 33.1 Å². The Hall–Kier alpha value is 0.310. The normalized spacial score (nSPS) is 16.4. The second-order valence-corrected chi connectivity index (χ2v) is 4.45. The van der Waals surface area contributed by atoms with Crippen molar-refractivity contribution in [1.29, 1.82) is 0 Å². The van der Waals surface area contributed by atoms with Gasteiger partial charge < -0.3 is 5.73 Å². The zero-order chi connectivity index (χ0) is 8.74. The van der Waals surface area contributed by atoms with Crippen molar-refractivity contribution in [2.24, 2.45) is 11.1 Å². The van der Waals surface area contributed by atoms with E-state index in [-0.39, 0.29) is 0 Å². The van der Waals surface area contributed by atoms with E-state index in [0.29, 0.717) is 5.41 Å². The zero-order valence-corrected chi connectivity index (χ0v) is 8.84. The van der Waals surface area contributed by atoms with Crippen molar-refractivity contribution >= 4 is 11.8 Å². The van der Waals surface area contributed by atoms with E-state index in [4.69, 9.17) is 5.73 Å². The van der Waals surface area contributed by atoms with Crippen LogP contribution >= 0.6 is 11.8 Å². The molecule has 0 aromatic carbocycles. The van der Waals surface area contributed by atoms with Crippen LogP contribution in [0.3, 0.4) is 0 Å². The lowest BCUT2D eigenvalue weighted by Gasteiger charge is -2.25. The molecule has 0 amide bonds. The van der Waals surface area contributed by atoms with Gasteiger partial charge in [-0.2, -0.15) is 11.8 Å². The van der Waals surface area contributed by atoms with Crippen molar-refractivity contribution in [2.75, 3.05) is 18.6 Å². The summed E-state index contributed by atoms with van der Waals surface area (Å²) in [6, 6.07) is 0. The molecule has 2 heteroatoms. The van der Waals surface area contributed by atoms with Gasteiger partial charge in [0.15, 0.2) is 0 Å². The predicted octanol–water partition coefficient (Wildman–Crippen LogP) is 2.50. The van der Waals surface area contributed by atoms with Crippen LogP contribution in [-0.2, 0) is 0 Å². The summed E-state index contributed by atoms with van der Waals surface area (Å²) in [6.07, 6.45) is 5.95. The van der Waals surface area contributed by atoms with Crippen molar-refractivity contribution in [3.63, 3.8) is 0 Å². The molecular formula is C9H21NS. The maximum absolute atomic E-state index is 5.69. The summed E-state index contributed by atoms with van der Waals surface area (Å²) in [4.78, 5) is 0. The van der Waals surface area contributed by atoms with E-state index in [2.05, 4.69) is 20.1 Å². The topological polar surface area (TPSA) is 26.0 Å². The molecule has 1 nitrogen and oxygen atoms in total. The van der Waals surface area contributed by atoms with Gasteiger partial charge in [0.1, 0.15) is 0 Å². The summed E-state index contributed by atoms with van der Waals surface area (Å²) in [5.41, 5.74) is 6.09. The first-order valence-electron chi connectivity index (χ1n) is 4.37. The average Bonchev–Trinajstić information content (AvgIpc) is 2.05. The minimum Gasteiger partial charge on any atom is -0.330 e. The van der Waals surface area contributed by atoms with Crippen LogP contribution in [-0.4, -0.2) is 18.6 Å². The lowest BCUT2D eigenvalue weighted by molar-refractivity contribution is 0.294. The first kappa shape index (κ1) is 11.3. The Morgan fingerprint density at radius 1 is 1.45 bits per heavy atom. The van der Waals surface area contributed by atoms with Crippen molar-refractivity contribution in [3.05, 3.63) is 0 Å². The van der Waals surface area contributed by atoms with E-state index in [1.807, 2.05) is 11.8 Å². The van der Waals surface area contributed by atoms with Gasteiger partial charge in [0.25, 0.3) is 0 Å². The Morgan fingerprint density at radius 2 is 2.09 bits per heavy atom. The summed E-state index contributed by atoms with van der Waals surface area (Å²) in [5.74, 6) is 1.27. The maximum Gasteiger partial charge on any atom is -0.00233 e. The third-order valence-electron chi connectivity index (χ3n) is 2.48. The van der Waals surface area contributed by atoms with E-state index in [1.54, 1.807) is 0 Å². The molecule has 0 fully saturated rings. The molecule has 0 saturated heterocycles. The van der Waals surface area contributed by atoms with Gasteiger partial charge in [-0.3, -0.25) is 0 Å². The Kier molecular flexibility index (Phi) is 6.06. The van der Waals surface area contributed by atoms with Crippen molar-refractivity contribution in [1.82, 2.24) is 0 Å². The fourth-order valence-electron chi connectivity index (χ4n) is 1.07. The molecule has 68 valence electrons. The van der Waals surface area contributed by atoms with Gasteiger partial charge in [0.2, 0.25) is 0 Å². The highest BCUT2D eigenvalue weighted by Crippen LogP contribution is 2.26. The minimum absolute atomic E-state index is 0.399. The summed E-state index contributed by atoms with van der Waals surface area (Å²) in [7, 11) is 0. The van der Waals surface area contributed by atoms with Crippen LogP contribution < -0.4 is 5.73 Å². The third-order valence-corrected chi connectivity index (χ3v) is 3.17. The van der Waals surface area contributed by atoms with E-state index in [0.717, 1.165) is 6.54 Å². The molecule has 0 rings (SSSR count). The molecular weight excluding hydrogens is 154 g/mol. The Morgan fingerprint density at radius 3 is 2.45 bits per heavy atom. The molecule has 0 aliphatic carbocycles. The fourth-order valence-corrected chi connectivity index (χ4v) is 1.50. The summed E-state index contributed by atoms with van der Waals surface area (Å²) < 4.78 is 0. The first-order chi connectivity index (χ1) is 5.18. The van der Waals surface area contributed by atoms with Crippen molar-refractivity contribution in [2.45, 2.75) is 33.1 Å². The van der Waals surface area contributed by atoms with Crippen molar-refractivity contribution in [3.8, 4) is 0 Å². The molecule has 11 heavy (non-hydrogen) atoms. The van der Waals surface area contributed by atoms with Crippen LogP contribution in [0.5, 0.6) is 0 Å². The number of thioether (sulfide) groups is 1. The number of hydrogen-bond acceptors (Lipinski definition) is 2. The van der Waals surface area contributed by atoms with Gasteiger partial charge in [0, 0.05) is 0 Å². The van der Waals surface area contributed by atoms with Gasteiger partial charge in [-0.25, -0.2) is 0 Å². The van der Waals surface area contributed by atoms with Gasteiger partial charge in [0.05, 0.1) is 0 Å². The highest BCUT2D eigenvalue weighted by atomic mass is 32.2. The van der Waals surface area contributed by atoms with E-state index < -0.39 is 0 Å². The van der Waals surface area contributed by atoms with Crippen LogP contribution in [0.25, 0.3) is 0 Å². The maximum atomic E-state index is 5.69. The molecule has 1 atom stereocenters. The highest BCUT2D eigenvalue weighted by Gasteiger charge is 2.18. The molecule has 0 bridgehead atoms. The molecule has 0 radical (unpaired) electrons. The molecule has 2 N–H and O–H groups in total. The number of nitrogens with two attached hydrogens (primary N) is 1. The summed E-state index contributed by atoms with van der Waals surface area (Å²) >= 11 is 1.92. The summed E-state index contributed by atoms with van der Waals surface area (Å²) in [5, 5.41) is 0. The zero-order valence-electron chi connectivity index (χ0n) is 8.02. The van der Waals surface area contributed by atoms with E-state index in [9.17, 15) is 0 Å². The molecule has 0 aliphatic rings. The molecule has 0 saturated carbocycles. The van der Waals surface area contributed by atoms with Crippen LogP contribution in [0.15, 0.2) is 0 Å². The lowest BCUT2D eigenvalue weighted by atomic mass is 9.83. The van der Waals surface area contributed by atoms with Crippen LogP contribution in [0.2, 0.25) is 0 Å². The molecule has 0 aromatic heterocycles. The second kappa shape index (κ2) is 5.90. The van der Waals surface area contributed by atoms with Crippen LogP contribution in [0.4, 0.5) is 0 Å². The van der Waals surface area contributed by atoms with Gasteiger partial charge in [-0.05, 0) is 43.2 Å². The Labute approximate surface area is 75.1 Å². The smallest absolute Gasteiger partial charge is 0.00233 e. The first-order valence-corrected chi connectivity index (χ1v) is 5.77. The molecule has 0 heterocycles. The monoisotopic (exact) mass is 175 g/mol. The lowest BCUT2D eigenvalue weighted by Crippen LogP contribution is -2.26. The molecule has 0 aromatic rings. The van der Waals surface area contributed by atoms with Crippen molar-refractivity contribution < 1.29 is 0 Å². The third kappa shape index (κ3) is 4.70. The molecule has 0 aliphatic heterocycles. The Balaban J connectivity index is 3.51. The summed E-state index contributed by atoms with van der Waals surface area (Å²) in [6.45, 7) is 5.34. The van der Waals surface area contributed by atoms with E-state index in [1.165, 1.54) is 25.0 Å². The van der Waals surface area contributed by atoms with Gasteiger partial charge >= 0.3 is 0 Å². The molecule has 1 unspecified atom stereocenters. The number of rotatable bonds is 6. The number of hydrogen-bond donors (Lipinski definition) is 1. The fraction of sp³-hybridized carbons (Fsp3) is 1.00. The molecule has 0 spiro atoms. The highest BCUT2D eigenvalue weighted by molar-refractivity contribution is 7.98. The quantitative estimate of drug-likeness (QED) is 0.628. The largest absolute Gasteiger partial charge is 0.330 e. The van der Waals surface area contributed by atoms with Gasteiger partial charge in [-0.15, -0.1) is 0 Å². The average molecular weight is 175 g/mol. The predicted molar refractivity (Wildman–Crippen MR) is 55.1 cm³/mol.